The maximum absolute atomic E-state index is 13.5. The average molecular weight is 525 g/mol. The van der Waals surface area contributed by atoms with Crippen LogP contribution in [-0.2, 0) is 42.9 Å². The number of aliphatic imine (C=N–C) groups is 1. The summed E-state index contributed by atoms with van der Waals surface area (Å²) in [6, 6.07) is 6.47. The van der Waals surface area contributed by atoms with Gasteiger partial charge in [-0.2, -0.15) is 0 Å². The predicted molar refractivity (Wildman–Crippen MR) is 128 cm³/mol. The maximum atomic E-state index is 13.5. The number of esters is 4. The topological polar surface area (TPSA) is 153 Å². The summed E-state index contributed by atoms with van der Waals surface area (Å²) in [5, 5.41) is 0.205. The van der Waals surface area contributed by atoms with Gasteiger partial charge in [-0.05, 0) is 25.5 Å². The van der Waals surface area contributed by atoms with E-state index in [-0.39, 0.29) is 36.1 Å². The zero-order valence-corrected chi connectivity index (χ0v) is 21.4. The van der Waals surface area contributed by atoms with Gasteiger partial charge in [-0.25, -0.2) is 14.4 Å². The Balaban J connectivity index is 3.12. The Hall–Kier alpha value is -3.28. The molecule has 0 bridgehead atoms. The van der Waals surface area contributed by atoms with E-state index in [0.29, 0.717) is 5.56 Å². The van der Waals surface area contributed by atoms with Crippen LogP contribution < -0.4 is 5.73 Å². The van der Waals surface area contributed by atoms with Crippen LogP contribution >= 0.6 is 11.6 Å². The number of carbonyl (C=O) groups is 4. The molecule has 1 heterocycles. The monoisotopic (exact) mass is 524 g/mol. The molecule has 2 atom stereocenters. The number of rotatable bonds is 10. The SMILES string of the molecule is CCOC(=O)C1=C(C(OCCN)(C(=O)OC)C(=O)OC)N=C(C)C(C(=O)OC)C1c1ccccc1Cl. The summed E-state index contributed by atoms with van der Waals surface area (Å²) >= 11 is 6.49. The van der Waals surface area contributed by atoms with Crippen molar-refractivity contribution in [2.45, 2.75) is 25.4 Å². The third kappa shape index (κ3) is 5.28. The molecule has 36 heavy (non-hydrogen) atoms. The van der Waals surface area contributed by atoms with Gasteiger partial charge in [-0.3, -0.25) is 9.79 Å². The van der Waals surface area contributed by atoms with Crippen molar-refractivity contribution >= 4 is 41.2 Å². The highest BCUT2D eigenvalue weighted by atomic mass is 35.5. The normalized spacial score (nSPS) is 17.7. The van der Waals surface area contributed by atoms with Gasteiger partial charge in [0.05, 0.1) is 40.1 Å². The minimum atomic E-state index is -2.66. The number of ether oxygens (including phenoxy) is 5. The van der Waals surface area contributed by atoms with Crippen molar-refractivity contribution in [3.05, 3.63) is 46.1 Å². The highest BCUT2D eigenvalue weighted by Gasteiger charge is 2.59. The van der Waals surface area contributed by atoms with Gasteiger partial charge in [0.15, 0.2) is 0 Å². The number of hydrogen-bond acceptors (Lipinski definition) is 11. The Bertz CT molecular complexity index is 1070. The van der Waals surface area contributed by atoms with Crippen LogP contribution in [0, 0.1) is 5.92 Å². The minimum absolute atomic E-state index is 0.0659. The quantitative estimate of drug-likeness (QED) is 0.271. The molecule has 12 heteroatoms. The first kappa shape index (κ1) is 29.0. The fourth-order valence-electron chi connectivity index (χ4n) is 4.02. The molecular weight excluding hydrogens is 496 g/mol. The molecule has 2 unspecified atom stereocenters. The van der Waals surface area contributed by atoms with Gasteiger partial charge < -0.3 is 29.4 Å². The van der Waals surface area contributed by atoms with Gasteiger partial charge in [-0.15, -0.1) is 0 Å². The van der Waals surface area contributed by atoms with Gasteiger partial charge in [-0.1, -0.05) is 29.8 Å². The van der Waals surface area contributed by atoms with E-state index in [2.05, 4.69) is 4.99 Å². The van der Waals surface area contributed by atoms with Crippen molar-refractivity contribution in [3.8, 4) is 0 Å². The van der Waals surface area contributed by atoms with E-state index >= 15 is 0 Å². The highest BCUT2D eigenvalue weighted by Crippen LogP contribution is 2.46. The lowest BCUT2D eigenvalue weighted by Gasteiger charge is -2.37. The summed E-state index contributed by atoms with van der Waals surface area (Å²) in [6.07, 6.45) is 0. The van der Waals surface area contributed by atoms with Crippen molar-refractivity contribution in [1.29, 1.82) is 0 Å². The molecule has 1 aromatic carbocycles. The fraction of sp³-hybridized carbons (Fsp3) is 0.458. The first-order valence-electron chi connectivity index (χ1n) is 11.0. The molecule has 1 aromatic rings. The third-order valence-corrected chi connectivity index (χ3v) is 5.89. The zero-order valence-electron chi connectivity index (χ0n) is 20.7. The number of carbonyl (C=O) groups excluding carboxylic acids is 4. The van der Waals surface area contributed by atoms with Crippen molar-refractivity contribution in [2.75, 3.05) is 41.1 Å². The van der Waals surface area contributed by atoms with Gasteiger partial charge >= 0.3 is 29.5 Å². The Morgan fingerprint density at radius 2 is 1.67 bits per heavy atom. The molecular formula is C24H29ClN2O9. The predicted octanol–water partition coefficient (Wildman–Crippen LogP) is 1.56. The summed E-state index contributed by atoms with van der Waals surface area (Å²) in [6.45, 7) is 2.57. The number of hydrogen-bond donors (Lipinski definition) is 1. The molecule has 0 radical (unpaired) electrons. The second-order valence-corrected chi connectivity index (χ2v) is 7.94. The van der Waals surface area contributed by atoms with Gasteiger partial charge in [0, 0.05) is 23.2 Å². The second-order valence-electron chi connectivity index (χ2n) is 7.54. The van der Waals surface area contributed by atoms with Crippen molar-refractivity contribution in [3.63, 3.8) is 0 Å². The van der Waals surface area contributed by atoms with Crippen LogP contribution in [0.25, 0.3) is 0 Å². The van der Waals surface area contributed by atoms with Crippen LogP contribution in [0.5, 0.6) is 0 Å². The first-order chi connectivity index (χ1) is 17.2. The minimum Gasteiger partial charge on any atom is -0.468 e. The van der Waals surface area contributed by atoms with E-state index in [0.717, 1.165) is 14.2 Å². The number of halogens is 1. The van der Waals surface area contributed by atoms with Crippen LogP contribution in [0.2, 0.25) is 5.02 Å². The molecule has 0 spiro atoms. The molecule has 11 nitrogen and oxygen atoms in total. The highest BCUT2D eigenvalue weighted by molar-refractivity contribution is 6.31. The van der Waals surface area contributed by atoms with Crippen LogP contribution in [0.3, 0.4) is 0 Å². The lowest BCUT2D eigenvalue weighted by molar-refractivity contribution is -0.182. The molecule has 0 amide bonds. The van der Waals surface area contributed by atoms with Crippen LogP contribution in [0.4, 0.5) is 0 Å². The summed E-state index contributed by atoms with van der Waals surface area (Å²) < 4.78 is 25.7. The largest absolute Gasteiger partial charge is 0.468 e. The number of benzene rings is 1. The number of nitrogens with zero attached hydrogens (tertiary/aromatic N) is 1. The van der Waals surface area contributed by atoms with Gasteiger partial charge in [0.25, 0.3) is 0 Å². The number of nitrogens with two attached hydrogens (primary N) is 1. The van der Waals surface area contributed by atoms with E-state index < -0.39 is 47.0 Å². The Kier molecular flexibility index (Phi) is 10.1. The Morgan fingerprint density at radius 3 is 2.17 bits per heavy atom. The van der Waals surface area contributed by atoms with E-state index in [1.165, 1.54) is 14.0 Å². The molecule has 0 saturated carbocycles. The molecule has 1 aliphatic heterocycles. The van der Waals surface area contributed by atoms with Crippen LogP contribution in [0.1, 0.15) is 25.3 Å². The zero-order chi connectivity index (χ0) is 27.0. The number of methoxy groups -OCH3 is 3. The average Bonchev–Trinajstić information content (AvgIpc) is 2.88. The third-order valence-electron chi connectivity index (χ3n) is 5.54. The molecule has 0 fully saturated rings. The fourth-order valence-corrected chi connectivity index (χ4v) is 4.27. The van der Waals surface area contributed by atoms with Gasteiger partial charge in [0.2, 0.25) is 0 Å². The van der Waals surface area contributed by atoms with Crippen molar-refractivity contribution < 1.29 is 42.9 Å². The Labute approximate surface area is 213 Å². The lowest BCUT2D eigenvalue weighted by Crippen LogP contribution is -2.55. The first-order valence-corrected chi connectivity index (χ1v) is 11.3. The Morgan fingerprint density at radius 1 is 1.06 bits per heavy atom. The standard InChI is InChI=1S/C24H29ClN2O9/c1-6-35-21(29)18-17(14-9-7-8-10-15(14)25)16(20(28)32-3)13(2)27-19(18)24(22(30)33-4,23(31)34-5)36-12-11-26/h7-10,16-17H,6,11-12,26H2,1-5H3. The molecule has 0 aliphatic carbocycles. The summed E-state index contributed by atoms with van der Waals surface area (Å²) in [5.74, 6) is -6.45. The van der Waals surface area contributed by atoms with E-state index in [1.54, 1.807) is 31.2 Å². The molecule has 0 aromatic heterocycles. The van der Waals surface area contributed by atoms with E-state index in [1.807, 2.05) is 0 Å². The van der Waals surface area contributed by atoms with E-state index in [9.17, 15) is 19.2 Å². The van der Waals surface area contributed by atoms with Crippen molar-refractivity contribution in [1.82, 2.24) is 0 Å². The second kappa shape index (κ2) is 12.6. The lowest BCUT2D eigenvalue weighted by atomic mass is 9.73. The maximum Gasteiger partial charge on any atom is 0.356 e. The smallest absolute Gasteiger partial charge is 0.356 e. The van der Waals surface area contributed by atoms with E-state index in [4.69, 9.17) is 41.0 Å². The van der Waals surface area contributed by atoms with Gasteiger partial charge in [0.1, 0.15) is 11.6 Å². The molecule has 1 aliphatic rings. The molecule has 2 N–H and O–H groups in total. The molecule has 0 saturated heterocycles. The summed E-state index contributed by atoms with van der Waals surface area (Å²) in [4.78, 5) is 57.2. The van der Waals surface area contributed by atoms with Crippen LogP contribution in [0.15, 0.2) is 40.5 Å². The van der Waals surface area contributed by atoms with Crippen LogP contribution in [-0.4, -0.2) is 76.3 Å². The van der Waals surface area contributed by atoms with Crippen molar-refractivity contribution in [2.24, 2.45) is 16.6 Å². The molecule has 196 valence electrons. The summed E-state index contributed by atoms with van der Waals surface area (Å²) in [7, 11) is 3.23. The summed E-state index contributed by atoms with van der Waals surface area (Å²) in [5.41, 5.74) is 2.58. The molecule has 2 rings (SSSR count).